The van der Waals surface area contributed by atoms with Crippen LogP contribution in [-0.2, 0) is 11.8 Å². The van der Waals surface area contributed by atoms with Crippen molar-refractivity contribution in [2.75, 3.05) is 5.32 Å². The summed E-state index contributed by atoms with van der Waals surface area (Å²) in [5.74, 6) is 0.922. The summed E-state index contributed by atoms with van der Waals surface area (Å²) in [5.41, 5.74) is 1.79. The summed E-state index contributed by atoms with van der Waals surface area (Å²) in [4.78, 5) is 11.8. The monoisotopic (exact) mass is 273 g/mol. The van der Waals surface area contributed by atoms with Gasteiger partial charge in [0.2, 0.25) is 11.8 Å². The molecule has 0 unspecified atom stereocenters. The highest BCUT2D eigenvalue weighted by molar-refractivity contribution is 5.97. The quantitative estimate of drug-likeness (QED) is 0.931. The zero-order valence-electron chi connectivity index (χ0n) is 12.0. The van der Waals surface area contributed by atoms with Gasteiger partial charge >= 0.3 is 0 Å². The van der Waals surface area contributed by atoms with E-state index in [-0.39, 0.29) is 17.9 Å². The lowest BCUT2D eigenvalue weighted by atomic mass is 10.2. The van der Waals surface area contributed by atoms with E-state index in [1.165, 1.54) is 0 Å². The molecule has 0 radical (unpaired) electrons. The van der Waals surface area contributed by atoms with E-state index in [1.807, 2.05) is 39.1 Å². The summed E-state index contributed by atoms with van der Waals surface area (Å²) >= 11 is 0. The van der Waals surface area contributed by atoms with Gasteiger partial charge in [0, 0.05) is 18.7 Å². The molecule has 20 heavy (non-hydrogen) atoms. The lowest BCUT2D eigenvalue weighted by Gasteiger charge is -2.07. The summed E-state index contributed by atoms with van der Waals surface area (Å²) in [6.45, 7) is 3.94. The number of nitrogens with zero attached hydrogens (tertiary/aromatic N) is 2. The molecular formula is C15H19N3O2. The van der Waals surface area contributed by atoms with E-state index in [4.69, 9.17) is 4.74 Å². The topological polar surface area (TPSA) is 56.1 Å². The lowest BCUT2D eigenvalue weighted by molar-refractivity contribution is -0.117. The Morgan fingerprint density at radius 2 is 2.20 bits per heavy atom. The van der Waals surface area contributed by atoms with Crippen LogP contribution in [0.15, 0.2) is 18.2 Å². The molecule has 1 fully saturated rings. The Labute approximate surface area is 117 Å². The van der Waals surface area contributed by atoms with Crippen LogP contribution in [0.4, 0.5) is 5.69 Å². The van der Waals surface area contributed by atoms with Crippen molar-refractivity contribution in [1.29, 1.82) is 0 Å². The van der Waals surface area contributed by atoms with Crippen molar-refractivity contribution in [2.45, 2.75) is 32.8 Å². The first kappa shape index (κ1) is 13.0. The van der Waals surface area contributed by atoms with Gasteiger partial charge in [-0.25, -0.2) is 0 Å². The third-order valence-corrected chi connectivity index (χ3v) is 3.38. The van der Waals surface area contributed by atoms with Gasteiger partial charge in [0.05, 0.1) is 17.0 Å². The first-order chi connectivity index (χ1) is 9.54. The molecular weight excluding hydrogens is 254 g/mol. The Balaban J connectivity index is 1.93. The van der Waals surface area contributed by atoms with Gasteiger partial charge in [-0.15, -0.1) is 5.10 Å². The Kier molecular flexibility index (Phi) is 3.12. The van der Waals surface area contributed by atoms with Crippen molar-refractivity contribution in [1.82, 2.24) is 9.78 Å². The van der Waals surface area contributed by atoms with Crippen molar-refractivity contribution in [3.05, 3.63) is 18.2 Å². The van der Waals surface area contributed by atoms with Crippen molar-refractivity contribution >= 4 is 22.5 Å². The molecule has 2 aromatic rings. The highest BCUT2D eigenvalue weighted by Gasteiger charge is 2.29. The molecule has 1 aliphatic rings. The number of benzene rings is 1. The average molecular weight is 273 g/mol. The number of aromatic nitrogens is 2. The van der Waals surface area contributed by atoms with Crippen LogP contribution in [0.1, 0.15) is 26.7 Å². The molecule has 3 rings (SSSR count). The smallest absolute Gasteiger partial charge is 0.241 e. The Morgan fingerprint density at radius 1 is 1.45 bits per heavy atom. The van der Waals surface area contributed by atoms with Crippen LogP contribution < -0.4 is 10.1 Å². The van der Waals surface area contributed by atoms with E-state index in [9.17, 15) is 4.79 Å². The molecule has 0 aliphatic heterocycles. The number of carbonyl (C=O) groups excluding carboxylic acids is 1. The van der Waals surface area contributed by atoms with Crippen LogP contribution in [0, 0.1) is 5.92 Å². The average Bonchev–Trinajstić information content (AvgIpc) is 3.17. The number of fused-ring (bicyclic) bond motifs is 1. The van der Waals surface area contributed by atoms with E-state index in [2.05, 4.69) is 10.4 Å². The van der Waals surface area contributed by atoms with Crippen LogP contribution in [0.2, 0.25) is 0 Å². The number of anilines is 1. The summed E-state index contributed by atoms with van der Waals surface area (Å²) in [5, 5.41) is 8.26. The lowest BCUT2D eigenvalue weighted by Crippen LogP contribution is -2.13. The number of carbonyl (C=O) groups is 1. The normalized spacial score (nSPS) is 14.8. The van der Waals surface area contributed by atoms with Crippen LogP contribution in [-0.4, -0.2) is 21.8 Å². The van der Waals surface area contributed by atoms with Crippen LogP contribution >= 0.6 is 0 Å². The zero-order valence-corrected chi connectivity index (χ0v) is 12.0. The van der Waals surface area contributed by atoms with Gasteiger partial charge in [0.15, 0.2) is 0 Å². The molecule has 1 aliphatic carbocycles. The van der Waals surface area contributed by atoms with Gasteiger partial charge in [-0.1, -0.05) is 0 Å². The van der Waals surface area contributed by atoms with E-state index >= 15 is 0 Å². The predicted octanol–water partition coefficient (Wildman–Crippen LogP) is 2.71. The van der Waals surface area contributed by atoms with Gasteiger partial charge < -0.3 is 10.1 Å². The molecule has 1 aromatic carbocycles. The first-order valence-electron chi connectivity index (χ1n) is 6.99. The van der Waals surface area contributed by atoms with E-state index < -0.39 is 0 Å². The Bertz CT molecular complexity index is 656. The Hall–Kier alpha value is -2.04. The van der Waals surface area contributed by atoms with Crippen LogP contribution in [0.3, 0.4) is 0 Å². The minimum atomic E-state index is 0.0674. The highest BCUT2D eigenvalue weighted by Crippen LogP contribution is 2.32. The molecule has 1 amide bonds. The second-order valence-corrected chi connectivity index (χ2v) is 5.59. The number of ether oxygens (including phenoxy) is 1. The maximum Gasteiger partial charge on any atom is 0.241 e. The minimum absolute atomic E-state index is 0.0674. The van der Waals surface area contributed by atoms with Gasteiger partial charge in [0.25, 0.3) is 0 Å². The third kappa shape index (κ3) is 2.48. The summed E-state index contributed by atoms with van der Waals surface area (Å²) < 4.78 is 7.51. The molecule has 1 saturated carbocycles. The minimum Gasteiger partial charge on any atom is -0.473 e. The molecule has 0 atom stereocenters. The predicted molar refractivity (Wildman–Crippen MR) is 77.8 cm³/mol. The van der Waals surface area contributed by atoms with Crippen molar-refractivity contribution in [3.63, 3.8) is 0 Å². The maximum absolute atomic E-state index is 11.8. The summed E-state index contributed by atoms with van der Waals surface area (Å²) in [6.07, 6.45) is 2.07. The fourth-order valence-corrected chi connectivity index (χ4v) is 2.21. The van der Waals surface area contributed by atoms with Crippen LogP contribution in [0.5, 0.6) is 5.88 Å². The van der Waals surface area contributed by atoms with Gasteiger partial charge in [-0.3, -0.25) is 9.48 Å². The molecule has 0 bridgehead atoms. The number of hydrogen-bond donors (Lipinski definition) is 1. The standard InChI is InChI=1S/C15H19N3O2/c1-9(2)20-15-12-8-11(16-14(19)10-4-5-10)6-7-13(12)18(3)17-15/h6-10H,4-5H2,1-3H3,(H,16,19). The largest absolute Gasteiger partial charge is 0.473 e. The molecule has 5 nitrogen and oxygen atoms in total. The molecule has 106 valence electrons. The molecule has 0 spiro atoms. The second kappa shape index (κ2) is 4.81. The molecule has 1 aromatic heterocycles. The number of hydrogen-bond acceptors (Lipinski definition) is 3. The molecule has 1 N–H and O–H groups in total. The fourth-order valence-electron chi connectivity index (χ4n) is 2.21. The SMILES string of the molecule is CC(C)Oc1nn(C)c2ccc(NC(=O)C3CC3)cc12. The number of nitrogens with one attached hydrogen (secondary N) is 1. The van der Waals surface area contributed by atoms with E-state index in [1.54, 1.807) is 4.68 Å². The second-order valence-electron chi connectivity index (χ2n) is 5.59. The number of amides is 1. The van der Waals surface area contributed by atoms with Crippen molar-refractivity contribution in [3.8, 4) is 5.88 Å². The van der Waals surface area contributed by atoms with Crippen molar-refractivity contribution < 1.29 is 9.53 Å². The molecule has 0 saturated heterocycles. The first-order valence-corrected chi connectivity index (χ1v) is 6.99. The van der Waals surface area contributed by atoms with Gasteiger partial charge in [0.1, 0.15) is 0 Å². The highest BCUT2D eigenvalue weighted by atomic mass is 16.5. The van der Waals surface area contributed by atoms with Crippen LogP contribution in [0.25, 0.3) is 10.9 Å². The fraction of sp³-hybridized carbons (Fsp3) is 0.467. The van der Waals surface area contributed by atoms with E-state index in [0.717, 1.165) is 29.4 Å². The summed E-state index contributed by atoms with van der Waals surface area (Å²) in [6, 6.07) is 5.79. The van der Waals surface area contributed by atoms with Gasteiger partial charge in [-0.2, -0.15) is 0 Å². The third-order valence-electron chi connectivity index (χ3n) is 3.38. The van der Waals surface area contributed by atoms with Gasteiger partial charge in [-0.05, 0) is 44.9 Å². The Morgan fingerprint density at radius 3 is 2.85 bits per heavy atom. The van der Waals surface area contributed by atoms with Crippen molar-refractivity contribution in [2.24, 2.45) is 13.0 Å². The number of aryl methyl sites for hydroxylation is 1. The number of rotatable bonds is 4. The van der Waals surface area contributed by atoms with E-state index in [0.29, 0.717) is 5.88 Å². The zero-order chi connectivity index (χ0) is 14.3. The maximum atomic E-state index is 11.8. The molecule has 1 heterocycles. The molecule has 5 heteroatoms. The summed E-state index contributed by atoms with van der Waals surface area (Å²) in [7, 11) is 1.89.